The van der Waals surface area contributed by atoms with Crippen LogP contribution in [0.5, 0.6) is 0 Å². The van der Waals surface area contributed by atoms with Gasteiger partial charge in [-0.3, -0.25) is 24.0 Å². The first-order valence-electron chi connectivity index (χ1n) is 15.2. The SMILES string of the molecule is C[C@H](NC(=O)[C@@H](NC(=O)CN)[C@@H](C)O)C(=O)N[C@H](C(=O)N[C@@H](Cc1c[nH]c2ccccc12)C(=O)N[C@@H](CCCCN)C(=O)O)[C@@H](C)O. The third-order valence-corrected chi connectivity index (χ3v) is 7.37. The molecule has 260 valence electrons. The number of aliphatic carboxylic acids is 1. The first-order valence-corrected chi connectivity index (χ1v) is 15.2. The van der Waals surface area contributed by atoms with E-state index in [9.17, 15) is 44.1 Å². The van der Waals surface area contributed by atoms with Crippen LogP contribution in [-0.2, 0) is 35.2 Å². The summed E-state index contributed by atoms with van der Waals surface area (Å²) in [6.45, 7) is 3.66. The summed E-state index contributed by atoms with van der Waals surface area (Å²) in [6, 6.07) is 0.312. The fraction of sp³-hybridized carbons (Fsp3) is 0.533. The zero-order chi connectivity index (χ0) is 35.3. The number of unbranched alkanes of at least 4 members (excludes halogenated alkanes) is 1. The summed E-state index contributed by atoms with van der Waals surface area (Å²) < 4.78 is 0. The zero-order valence-corrected chi connectivity index (χ0v) is 26.6. The molecule has 5 amide bonds. The lowest BCUT2D eigenvalue weighted by atomic mass is 10.0. The van der Waals surface area contributed by atoms with Gasteiger partial charge in [-0.15, -0.1) is 0 Å². The molecule has 1 aromatic carbocycles. The molecule has 0 unspecified atom stereocenters. The number of aromatic amines is 1. The van der Waals surface area contributed by atoms with E-state index < -0.39 is 84.5 Å². The smallest absolute Gasteiger partial charge is 0.326 e. The van der Waals surface area contributed by atoms with E-state index in [2.05, 4.69) is 31.6 Å². The number of aliphatic hydroxyl groups excluding tert-OH is 2. The van der Waals surface area contributed by atoms with Gasteiger partial charge in [0.25, 0.3) is 0 Å². The summed E-state index contributed by atoms with van der Waals surface area (Å²) >= 11 is 0. The number of aliphatic hydroxyl groups is 2. The number of carbonyl (C=O) groups is 6. The van der Waals surface area contributed by atoms with Crippen molar-refractivity contribution >= 4 is 46.4 Å². The normalized spacial score (nSPS) is 15.6. The van der Waals surface area contributed by atoms with Gasteiger partial charge < -0.3 is 58.4 Å². The minimum Gasteiger partial charge on any atom is -0.480 e. The third kappa shape index (κ3) is 11.6. The van der Waals surface area contributed by atoms with Gasteiger partial charge >= 0.3 is 5.97 Å². The number of hydrogen-bond acceptors (Lipinski definition) is 10. The molecule has 0 spiro atoms. The number of carboxylic acid groups (broad SMARTS) is 1. The molecule has 0 bridgehead atoms. The van der Waals surface area contributed by atoms with Crippen molar-refractivity contribution in [3.63, 3.8) is 0 Å². The minimum absolute atomic E-state index is 0.0705. The largest absolute Gasteiger partial charge is 0.480 e. The lowest BCUT2D eigenvalue weighted by molar-refractivity contribution is -0.142. The van der Waals surface area contributed by atoms with Crippen molar-refractivity contribution in [1.29, 1.82) is 0 Å². The van der Waals surface area contributed by atoms with Crippen molar-refractivity contribution in [2.45, 2.75) is 88.9 Å². The number of carboxylic acids is 1. The lowest BCUT2D eigenvalue weighted by Gasteiger charge is -2.27. The number of hydrogen-bond donors (Lipinski definition) is 11. The van der Waals surface area contributed by atoms with Crippen LogP contribution in [0.15, 0.2) is 30.5 Å². The number of para-hydroxylation sites is 1. The van der Waals surface area contributed by atoms with E-state index in [1.54, 1.807) is 12.3 Å². The van der Waals surface area contributed by atoms with E-state index in [0.29, 0.717) is 24.9 Å². The molecular formula is C30H46N8O9. The number of amides is 5. The van der Waals surface area contributed by atoms with Gasteiger partial charge in [-0.2, -0.15) is 0 Å². The number of nitrogens with two attached hydrogens (primary N) is 2. The first-order chi connectivity index (χ1) is 22.2. The second kappa shape index (κ2) is 18.5. The molecule has 0 radical (unpaired) electrons. The van der Waals surface area contributed by atoms with Crippen LogP contribution in [0, 0.1) is 0 Å². The van der Waals surface area contributed by atoms with E-state index in [1.807, 2.05) is 18.2 Å². The molecule has 47 heavy (non-hydrogen) atoms. The first kappa shape index (κ1) is 38.6. The molecule has 13 N–H and O–H groups in total. The highest BCUT2D eigenvalue weighted by Crippen LogP contribution is 2.19. The van der Waals surface area contributed by atoms with Crippen LogP contribution in [-0.4, -0.2) is 111 Å². The summed E-state index contributed by atoms with van der Waals surface area (Å²) in [5, 5.41) is 42.7. The maximum atomic E-state index is 13.5. The Morgan fingerprint density at radius 3 is 1.96 bits per heavy atom. The van der Waals surface area contributed by atoms with E-state index >= 15 is 0 Å². The summed E-state index contributed by atoms with van der Waals surface area (Å²) in [5.74, 6) is -5.55. The Hall–Kier alpha value is -4.58. The topological polar surface area (TPSA) is 291 Å². The molecular weight excluding hydrogens is 616 g/mol. The molecule has 1 heterocycles. The van der Waals surface area contributed by atoms with Crippen LogP contribution in [0.4, 0.5) is 0 Å². The maximum absolute atomic E-state index is 13.5. The molecule has 2 rings (SSSR count). The Labute approximate surface area is 271 Å². The van der Waals surface area contributed by atoms with Gasteiger partial charge in [-0.25, -0.2) is 4.79 Å². The average Bonchev–Trinajstić information content (AvgIpc) is 3.43. The number of rotatable bonds is 19. The molecule has 0 saturated heterocycles. The third-order valence-electron chi connectivity index (χ3n) is 7.37. The second-order valence-corrected chi connectivity index (χ2v) is 11.3. The highest BCUT2D eigenvalue weighted by molar-refractivity contribution is 5.96. The van der Waals surface area contributed by atoms with Crippen molar-refractivity contribution in [3.8, 4) is 0 Å². The number of benzene rings is 1. The van der Waals surface area contributed by atoms with Gasteiger partial charge in [-0.05, 0) is 58.2 Å². The summed E-state index contributed by atoms with van der Waals surface area (Å²) in [5.41, 5.74) is 12.2. The van der Waals surface area contributed by atoms with Crippen LogP contribution in [0.25, 0.3) is 10.9 Å². The minimum atomic E-state index is -1.61. The van der Waals surface area contributed by atoms with Crippen LogP contribution in [0.3, 0.4) is 0 Å². The van der Waals surface area contributed by atoms with E-state index in [-0.39, 0.29) is 12.8 Å². The second-order valence-electron chi connectivity index (χ2n) is 11.3. The van der Waals surface area contributed by atoms with Crippen LogP contribution < -0.4 is 38.1 Å². The van der Waals surface area contributed by atoms with Crippen molar-refractivity contribution in [1.82, 2.24) is 31.6 Å². The van der Waals surface area contributed by atoms with Crippen molar-refractivity contribution in [2.24, 2.45) is 11.5 Å². The van der Waals surface area contributed by atoms with Gasteiger partial charge in [0.15, 0.2) is 0 Å². The van der Waals surface area contributed by atoms with Gasteiger partial charge in [0.05, 0.1) is 18.8 Å². The van der Waals surface area contributed by atoms with Crippen LogP contribution in [0.2, 0.25) is 0 Å². The molecule has 0 aliphatic rings. The summed E-state index contributed by atoms with van der Waals surface area (Å²) in [6.07, 6.45) is -0.135. The zero-order valence-electron chi connectivity index (χ0n) is 26.6. The molecule has 17 nitrogen and oxygen atoms in total. The quantitative estimate of drug-likeness (QED) is 0.0678. The molecule has 17 heteroatoms. The van der Waals surface area contributed by atoms with E-state index in [4.69, 9.17) is 11.5 Å². The molecule has 0 fully saturated rings. The standard InChI is InChI=1S/C30H46N8O9/c1-15(34-28(44)24(16(2)39)37-23(41)13-32)26(42)38-25(17(3)40)29(45)36-22(12-18-14-33-20-9-5-4-8-19(18)20)27(43)35-21(30(46)47)10-6-7-11-31/h4-5,8-9,14-17,21-22,24-25,33,39-40H,6-7,10-13,31-32H2,1-3H3,(H,34,44)(H,35,43)(H,36,45)(H,37,41)(H,38,42)(H,46,47)/t15-,16+,17+,21-,22-,24-,25-/m0/s1. The highest BCUT2D eigenvalue weighted by atomic mass is 16.4. The monoisotopic (exact) mass is 662 g/mol. The van der Waals surface area contributed by atoms with Crippen molar-refractivity contribution in [3.05, 3.63) is 36.0 Å². The molecule has 7 atom stereocenters. The number of aromatic nitrogens is 1. The fourth-order valence-electron chi connectivity index (χ4n) is 4.70. The lowest BCUT2D eigenvalue weighted by Crippen LogP contribution is -2.61. The molecule has 0 aliphatic heterocycles. The fourth-order valence-corrected chi connectivity index (χ4v) is 4.70. The predicted octanol–water partition coefficient (Wildman–Crippen LogP) is -2.91. The van der Waals surface area contributed by atoms with Crippen molar-refractivity contribution in [2.75, 3.05) is 13.1 Å². The maximum Gasteiger partial charge on any atom is 0.326 e. The Morgan fingerprint density at radius 1 is 0.766 bits per heavy atom. The van der Waals surface area contributed by atoms with Crippen molar-refractivity contribution < 1.29 is 44.1 Å². The average molecular weight is 663 g/mol. The van der Waals surface area contributed by atoms with E-state index in [1.165, 1.54) is 20.8 Å². The van der Waals surface area contributed by atoms with Gasteiger partial charge in [0, 0.05) is 23.5 Å². The molecule has 0 saturated carbocycles. The Balaban J connectivity index is 2.25. The number of carbonyl (C=O) groups excluding carboxylic acids is 5. The highest BCUT2D eigenvalue weighted by Gasteiger charge is 2.34. The summed E-state index contributed by atoms with van der Waals surface area (Å²) in [7, 11) is 0. The van der Waals surface area contributed by atoms with Gasteiger partial charge in [-0.1, -0.05) is 18.2 Å². The summed E-state index contributed by atoms with van der Waals surface area (Å²) in [4.78, 5) is 79.2. The van der Waals surface area contributed by atoms with E-state index in [0.717, 1.165) is 10.9 Å². The predicted molar refractivity (Wildman–Crippen MR) is 170 cm³/mol. The van der Waals surface area contributed by atoms with Crippen LogP contribution >= 0.6 is 0 Å². The molecule has 2 aromatic rings. The molecule has 1 aromatic heterocycles. The van der Waals surface area contributed by atoms with Gasteiger partial charge in [0.1, 0.15) is 30.2 Å². The Morgan fingerprint density at radius 2 is 1.36 bits per heavy atom. The number of nitrogens with one attached hydrogen (secondary N) is 6. The number of H-pyrrole nitrogens is 1. The molecule has 0 aliphatic carbocycles. The number of fused-ring (bicyclic) bond motifs is 1. The van der Waals surface area contributed by atoms with Crippen LogP contribution in [0.1, 0.15) is 45.6 Å². The van der Waals surface area contributed by atoms with Gasteiger partial charge in [0.2, 0.25) is 29.5 Å². The Kier molecular flexibility index (Phi) is 15.2. The Bertz CT molecular complexity index is 1400.